The van der Waals surface area contributed by atoms with Gasteiger partial charge in [0.25, 0.3) is 0 Å². The maximum Gasteiger partial charge on any atom is 0.0745 e. The fourth-order valence-corrected chi connectivity index (χ4v) is 2.04. The number of hydrogen-bond donors (Lipinski definition) is 1. The standard InChI is InChI=1S/C15H17NO/c1-12(11-17-16)14-9-5-6-10-15(14)13-7-3-2-4-8-13/h2-10,12H,11,16H2,1H3. The van der Waals surface area contributed by atoms with Crippen LogP contribution in [0.2, 0.25) is 0 Å². The van der Waals surface area contributed by atoms with E-state index in [9.17, 15) is 0 Å². The normalized spacial score (nSPS) is 12.4. The molecule has 2 heteroatoms. The number of hydrogen-bond acceptors (Lipinski definition) is 2. The van der Waals surface area contributed by atoms with Crippen molar-refractivity contribution in [3.05, 3.63) is 60.2 Å². The van der Waals surface area contributed by atoms with Crippen LogP contribution >= 0.6 is 0 Å². The van der Waals surface area contributed by atoms with E-state index in [0.717, 1.165) is 0 Å². The van der Waals surface area contributed by atoms with Crippen LogP contribution in [-0.4, -0.2) is 6.61 Å². The minimum Gasteiger partial charge on any atom is -0.304 e. The third kappa shape index (κ3) is 2.73. The first kappa shape index (κ1) is 11.8. The van der Waals surface area contributed by atoms with Gasteiger partial charge in [-0.1, -0.05) is 61.5 Å². The molecular weight excluding hydrogens is 210 g/mol. The zero-order valence-corrected chi connectivity index (χ0v) is 9.97. The maximum absolute atomic E-state index is 5.16. The molecule has 0 fully saturated rings. The Hall–Kier alpha value is -1.64. The van der Waals surface area contributed by atoms with Gasteiger partial charge in [0, 0.05) is 5.92 Å². The van der Waals surface area contributed by atoms with E-state index in [1.165, 1.54) is 16.7 Å². The van der Waals surface area contributed by atoms with Crippen LogP contribution in [0.3, 0.4) is 0 Å². The van der Waals surface area contributed by atoms with Crippen molar-refractivity contribution in [1.29, 1.82) is 0 Å². The Morgan fingerprint density at radius 3 is 2.35 bits per heavy atom. The van der Waals surface area contributed by atoms with Crippen LogP contribution < -0.4 is 5.90 Å². The molecule has 2 rings (SSSR count). The van der Waals surface area contributed by atoms with Gasteiger partial charge in [-0.15, -0.1) is 0 Å². The molecule has 2 aromatic rings. The first-order valence-electron chi connectivity index (χ1n) is 5.79. The average molecular weight is 227 g/mol. The second kappa shape index (κ2) is 5.62. The van der Waals surface area contributed by atoms with Crippen LogP contribution in [0.4, 0.5) is 0 Å². The summed E-state index contributed by atoms with van der Waals surface area (Å²) in [6.07, 6.45) is 0. The van der Waals surface area contributed by atoms with Crippen molar-refractivity contribution in [3.8, 4) is 11.1 Å². The van der Waals surface area contributed by atoms with Gasteiger partial charge in [-0.05, 0) is 16.7 Å². The summed E-state index contributed by atoms with van der Waals surface area (Å²) in [5.41, 5.74) is 3.74. The quantitative estimate of drug-likeness (QED) is 0.813. The van der Waals surface area contributed by atoms with Gasteiger partial charge in [0.05, 0.1) is 6.61 Å². The van der Waals surface area contributed by atoms with E-state index in [-0.39, 0.29) is 5.92 Å². The van der Waals surface area contributed by atoms with Gasteiger partial charge in [-0.3, -0.25) is 0 Å². The van der Waals surface area contributed by atoms with Gasteiger partial charge >= 0.3 is 0 Å². The second-order valence-corrected chi connectivity index (χ2v) is 4.19. The minimum absolute atomic E-state index is 0.288. The molecule has 0 radical (unpaired) electrons. The summed E-state index contributed by atoms with van der Waals surface area (Å²) in [5.74, 6) is 5.44. The molecule has 2 nitrogen and oxygen atoms in total. The summed E-state index contributed by atoms with van der Waals surface area (Å²) in [7, 11) is 0. The molecule has 0 saturated carbocycles. The van der Waals surface area contributed by atoms with Crippen molar-refractivity contribution in [2.24, 2.45) is 5.90 Å². The summed E-state index contributed by atoms with van der Waals surface area (Å²) >= 11 is 0. The Kier molecular flexibility index (Phi) is 3.91. The van der Waals surface area contributed by atoms with Gasteiger partial charge in [0.15, 0.2) is 0 Å². The SMILES string of the molecule is CC(CON)c1ccccc1-c1ccccc1. The van der Waals surface area contributed by atoms with Crippen LogP contribution in [0.25, 0.3) is 11.1 Å². The lowest BCUT2D eigenvalue weighted by atomic mass is 9.92. The molecule has 1 unspecified atom stereocenters. The van der Waals surface area contributed by atoms with Crippen LogP contribution in [0.5, 0.6) is 0 Å². The van der Waals surface area contributed by atoms with Crippen LogP contribution in [0.1, 0.15) is 18.4 Å². The Balaban J connectivity index is 2.41. The van der Waals surface area contributed by atoms with E-state index in [2.05, 4.69) is 55.5 Å². The molecule has 0 bridgehead atoms. The van der Waals surface area contributed by atoms with E-state index in [1.807, 2.05) is 6.07 Å². The lowest BCUT2D eigenvalue weighted by Gasteiger charge is -2.15. The highest BCUT2D eigenvalue weighted by atomic mass is 16.6. The minimum atomic E-state index is 0.288. The third-order valence-corrected chi connectivity index (χ3v) is 2.92. The van der Waals surface area contributed by atoms with Crippen molar-refractivity contribution >= 4 is 0 Å². The molecular formula is C15H17NO. The molecule has 0 aliphatic rings. The van der Waals surface area contributed by atoms with Gasteiger partial charge < -0.3 is 4.84 Å². The molecule has 88 valence electrons. The number of benzene rings is 2. The summed E-state index contributed by atoms with van der Waals surface area (Å²) in [4.78, 5) is 4.75. The molecule has 1 atom stereocenters. The van der Waals surface area contributed by atoms with Crippen molar-refractivity contribution in [3.63, 3.8) is 0 Å². The molecule has 0 heterocycles. The highest BCUT2D eigenvalue weighted by molar-refractivity contribution is 5.67. The summed E-state index contributed by atoms with van der Waals surface area (Å²) < 4.78 is 0. The van der Waals surface area contributed by atoms with Crippen molar-refractivity contribution in [2.75, 3.05) is 6.61 Å². The number of rotatable bonds is 4. The summed E-state index contributed by atoms with van der Waals surface area (Å²) in [6, 6.07) is 18.7. The third-order valence-electron chi connectivity index (χ3n) is 2.92. The zero-order chi connectivity index (χ0) is 12.1. The van der Waals surface area contributed by atoms with E-state index in [0.29, 0.717) is 6.61 Å². The summed E-state index contributed by atoms with van der Waals surface area (Å²) in [6.45, 7) is 2.65. The fraction of sp³-hybridized carbons (Fsp3) is 0.200. The second-order valence-electron chi connectivity index (χ2n) is 4.19. The van der Waals surface area contributed by atoms with E-state index >= 15 is 0 Å². The Labute approximate surface area is 102 Å². The molecule has 0 amide bonds. The van der Waals surface area contributed by atoms with Crippen molar-refractivity contribution < 1.29 is 4.84 Å². The molecule has 2 aromatic carbocycles. The van der Waals surface area contributed by atoms with Gasteiger partial charge in [0.2, 0.25) is 0 Å². The van der Waals surface area contributed by atoms with Crippen LogP contribution in [0, 0.1) is 0 Å². The van der Waals surface area contributed by atoms with Crippen molar-refractivity contribution in [2.45, 2.75) is 12.8 Å². The van der Waals surface area contributed by atoms with Gasteiger partial charge in [-0.25, -0.2) is 5.90 Å². The molecule has 0 aliphatic carbocycles. The van der Waals surface area contributed by atoms with Crippen molar-refractivity contribution in [1.82, 2.24) is 0 Å². The number of nitrogens with two attached hydrogens (primary N) is 1. The molecule has 17 heavy (non-hydrogen) atoms. The lowest BCUT2D eigenvalue weighted by molar-refractivity contribution is 0.127. The highest BCUT2D eigenvalue weighted by Crippen LogP contribution is 2.28. The highest BCUT2D eigenvalue weighted by Gasteiger charge is 2.11. The maximum atomic E-state index is 5.16. The van der Waals surface area contributed by atoms with E-state index in [1.54, 1.807) is 0 Å². The van der Waals surface area contributed by atoms with Gasteiger partial charge in [-0.2, -0.15) is 0 Å². The average Bonchev–Trinajstić information content (AvgIpc) is 2.40. The van der Waals surface area contributed by atoms with Crippen LogP contribution in [-0.2, 0) is 4.84 Å². The molecule has 0 aromatic heterocycles. The smallest absolute Gasteiger partial charge is 0.0745 e. The van der Waals surface area contributed by atoms with E-state index < -0.39 is 0 Å². The first-order chi connectivity index (χ1) is 8.33. The monoisotopic (exact) mass is 227 g/mol. The Morgan fingerprint density at radius 1 is 1.00 bits per heavy atom. The summed E-state index contributed by atoms with van der Waals surface area (Å²) in [5, 5.41) is 0. The predicted molar refractivity (Wildman–Crippen MR) is 70.4 cm³/mol. The lowest BCUT2D eigenvalue weighted by Crippen LogP contribution is -2.09. The molecule has 0 aliphatic heterocycles. The van der Waals surface area contributed by atoms with E-state index in [4.69, 9.17) is 10.7 Å². The molecule has 0 saturated heterocycles. The zero-order valence-electron chi connectivity index (χ0n) is 9.97. The first-order valence-corrected chi connectivity index (χ1v) is 5.79. The van der Waals surface area contributed by atoms with Crippen LogP contribution in [0.15, 0.2) is 54.6 Å². The largest absolute Gasteiger partial charge is 0.304 e. The topological polar surface area (TPSA) is 35.2 Å². The predicted octanol–water partition coefficient (Wildman–Crippen LogP) is 3.35. The fourth-order valence-electron chi connectivity index (χ4n) is 2.04. The molecule has 0 spiro atoms. The molecule has 2 N–H and O–H groups in total. The Bertz CT molecular complexity index is 467. The van der Waals surface area contributed by atoms with Gasteiger partial charge in [0.1, 0.15) is 0 Å². The Morgan fingerprint density at radius 2 is 1.65 bits per heavy atom.